The predicted molar refractivity (Wildman–Crippen MR) is 51.9 cm³/mol. The first-order chi connectivity index (χ1) is 12.0. The number of hydrogen-bond donors (Lipinski definition) is 1. The molecule has 0 aromatic heterocycles. The topological polar surface area (TPSA) is 54.4 Å². The van der Waals surface area contributed by atoms with Gasteiger partial charge in [-0.3, -0.25) is 4.55 Å². The molecule has 2 atom stereocenters. The molecule has 0 aromatic carbocycles. The Morgan fingerprint density at radius 3 is 0.793 bits per heavy atom. The molecule has 0 spiro atoms. The minimum Gasteiger partial charge on any atom is -0.283 e. The average Bonchev–Trinajstić information content (AvgIpc) is 2.27. The van der Waals surface area contributed by atoms with Crippen molar-refractivity contribution in [3.63, 3.8) is 0 Å². The fourth-order valence-corrected chi connectivity index (χ4v) is 3.14. The normalized spacial score (nSPS) is 20.2. The van der Waals surface area contributed by atoms with Gasteiger partial charge in [0.1, 0.15) is 0 Å². The quantitative estimate of drug-likeness (QED) is 0.437. The second kappa shape index (κ2) is 6.36. The lowest BCUT2D eigenvalue weighted by Gasteiger charge is -2.51. The standard InChI is InChI=1S/C8HF17O3S/c9-2(7(20,21)22,3(10,8(23,24)25)29(26,27)28)1(4(11,12)13,5(14,15)16)6(17,18)19/h(H,26,27,28). The van der Waals surface area contributed by atoms with Crippen LogP contribution in [0.1, 0.15) is 0 Å². The highest BCUT2D eigenvalue weighted by atomic mass is 32.2. The van der Waals surface area contributed by atoms with Crippen LogP contribution >= 0.6 is 0 Å². The molecule has 29 heavy (non-hydrogen) atoms. The van der Waals surface area contributed by atoms with Crippen LogP contribution < -0.4 is 0 Å². The fraction of sp³-hybridized carbons (Fsp3) is 1.00. The Hall–Kier alpha value is -1.28. The minimum atomic E-state index is -9.48. The lowest BCUT2D eigenvalue weighted by atomic mass is 9.67. The Kier molecular flexibility index (Phi) is 6.08. The first kappa shape index (κ1) is 27.7. The monoisotopic (exact) mass is 500 g/mol. The molecule has 0 aliphatic heterocycles. The molecule has 0 amide bonds. The SMILES string of the molecule is O=S(=O)(O)C(F)(C(F)(F)F)C(F)(C(F)(F)F)C(C(F)(F)F)(C(F)(F)F)C(F)(F)F. The molecule has 1 N–H and O–H groups in total. The summed E-state index contributed by atoms with van der Waals surface area (Å²) in [4.78, 5) is 0. The molecule has 0 aromatic rings. The van der Waals surface area contributed by atoms with E-state index in [1.807, 2.05) is 0 Å². The smallest absolute Gasteiger partial charge is 0.283 e. The number of alkyl halides is 17. The van der Waals surface area contributed by atoms with Crippen LogP contribution in [-0.2, 0) is 10.1 Å². The third-order valence-electron chi connectivity index (χ3n) is 3.35. The molecular formula is C8HF17O3S. The zero-order valence-electron chi connectivity index (χ0n) is 12.1. The molecule has 0 rings (SSSR count). The molecule has 0 heterocycles. The van der Waals surface area contributed by atoms with Crippen molar-refractivity contribution in [3.8, 4) is 0 Å². The molecule has 0 saturated heterocycles. The van der Waals surface area contributed by atoms with E-state index in [0.717, 1.165) is 0 Å². The molecule has 0 bridgehead atoms. The Morgan fingerprint density at radius 2 is 0.690 bits per heavy atom. The molecule has 0 radical (unpaired) electrons. The van der Waals surface area contributed by atoms with Crippen molar-refractivity contribution in [1.82, 2.24) is 0 Å². The highest BCUT2D eigenvalue weighted by Crippen LogP contribution is 2.74. The molecule has 21 heteroatoms. The van der Waals surface area contributed by atoms with Crippen molar-refractivity contribution < 1.29 is 87.6 Å². The van der Waals surface area contributed by atoms with Crippen LogP contribution in [-0.4, -0.2) is 54.5 Å². The highest BCUT2D eigenvalue weighted by Gasteiger charge is 3.05. The number of hydrogen-bond acceptors (Lipinski definition) is 2. The van der Waals surface area contributed by atoms with Crippen molar-refractivity contribution in [3.05, 3.63) is 0 Å². The van der Waals surface area contributed by atoms with Crippen molar-refractivity contribution in [2.45, 2.75) is 41.6 Å². The lowest BCUT2D eigenvalue weighted by molar-refractivity contribution is -0.503. The summed E-state index contributed by atoms with van der Waals surface area (Å²) >= 11 is 0. The number of rotatable bonds is 3. The van der Waals surface area contributed by atoms with E-state index in [4.69, 9.17) is 4.55 Å². The number of halogens is 17. The van der Waals surface area contributed by atoms with Gasteiger partial charge in [-0.25, -0.2) is 8.78 Å². The third-order valence-corrected chi connectivity index (χ3v) is 4.57. The minimum absolute atomic E-state index is 7.97. The van der Waals surface area contributed by atoms with E-state index < -0.39 is 57.1 Å². The Bertz CT molecular complexity index is 684. The van der Waals surface area contributed by atoms with E-state index in [0.29, 0.717) is 0 Å². The van der Waals surface area contributed by atoms with Crippen molar-refractivity contribution in [1.29, 1.82) is 0 Å². The maximum Gasteiger partial charge on any atom is 0.443 e. The van der Waals surface area contributed by atoms with Crippen molar-refractivity contribution >= 4 is 10.1 Å². The summed E-state index contributed by atoms with van der Waals surface area (Å²) < 4.78 is 247. The van der Waals surface area contributed by atoms with Gasteiger partial charge in [0, 0.05) is 0 Å². The van der Waals surface area contributed by atoms with Gasteiger partial charge in [-0.2, -0.15) is 74.3 Å². The van der Waals surface area contributed by atoms with E-state index in [2.05, 4.69) is 0 Å². The van der Waals surface area contributed by atoms with Crippen LogP contribution in [0.3, 0.4) is 0 Å². The maximum atomic E-state index is 14.2. The first-order valence-electron chi connectivity index (χ1n) is 5.68. The van der Waals surface area contributed by atoms with Gasteiger partial charge in [0.15, 0.2) is 0 Å². The summed E-state index contributed by atoms with van der Waals surface area (Å²) in [7, 11) is -8.81. The molecule has 0 fully saturated rings. The van der Waals surface area contributed by atoms with Gasteiger partial charge in [0.2, 0.25) is 0 Å². The largest absolute Gasteiger partial charge is 0.443 e. The molecule has 0 aliphatic carbocycles. The van der Waals surface area contributed by atoms with Crippen LogP contribution in [0, 0.1) is 5.41 Å². The van der Waals surface area contributed by atoms with E-state index in [1.165, 1.54) is 0 Å². The summed E-state index contributed by atoms with van der Waals surface area (Å²) in [6.07, 6.45) is -43.9. The van der Waals surface area contributed by atoms with Gasteiger partial charge < -0.3 is 0 Å². The van der Waals surface area contributed by atoms with Crippen LogP contribution in [0.5, 0.6) is 0 Å². The van der Waals surface area contributed by atoms with E-state index >= 15 is 0 Å². The molecule has 0 aliphatic rings. The van der Waals surface area contributed by atoms with Crippen LogP contribution in [0.2, 0.25) is 0 Å². The molecular weight excluding hydrogens is 499 g/mol. The van der Waals surface area contributed by atoms with Crippen molar-refractivity contribution in [2.24, 2.45) is 5.41 Å². The van der Waals surface area contributed by atoms with Gasteiger partial charge in [0.25, 0.3) is 5.67 Å². The van der Waals surface area contributed by atoms with Crippen LogP contribution in [0.15, 0.2) is 0 Å². The second-order valence-electron chi connectivity index (χ2n) is 4.97. The van der Waals surface area contributed by atoms with Crippen molar-refractivity contribution in [2.75, 3.05) is 0 Å². The summed E-state index contributed by atoms with van der Waals surface area (Å²) in [6.45, 7) is 0. The predicted octanol–water partition coefficient (Wildman–Crippen LogP) is 5.05. The summed E-state index contributed by atoms with van der Waals surface area (Å²) in [6, 6.07) is 0. The Morgan fingerprint density at radius 1 is 0.448 bits per heavy atom. The van der Waals surface area contributed by atoms with Gasteiger partial charge >= 0.3 is 51.4 Å². The fourth-order valence-electron chi connectivity index (χ4n) is 2.22. The van der Waals surface area contributed by atoms with Gasteiger partial charge in [-0.15, -0.1) is 0 Å². The van der Waals surface area contributed by atoms with Gasteiger partial charge in [-0.05, 0) is 0 Å². The van der Waals surface area contributed by atoms with E-state index in [1.54, 1.807) is 0 Å². The third kappa shape index (κ3) is 3.26. The van der Waals surface area contributed by atoms with E-state index in [9.17, 15) is 83.1 Å². The Labute approximate surface area is 146 Å². The summed E-state index contributed by atoms with van der Waals surface area (Å²) in [5, 5.41) is -8.86. The lowest BCUT2D eigenvalue weighted by Crippen LogP contribution is -2.83. The van der Waals surface area contributed by atoms with Crippen LogP contribution in [0.4, 0.5) is 74.6 Å². The first-order valence-corrected chi connectivity index (χ1v) is 7.12. The highest BCUT2D eigenvalue weighted by molar-refractivity contribution is 7.87. The van der Waals surface area contributed by atoms with Gasteiger partial charge in [0.05, 0.1) is 0 Å². The average molecular weight is 500 g/mol. The second-order valence-corrected chi connectivity index (χ2v) is 6.48. The molecule has 3 nitrogen and oxygen atoms in total. The molecule has 176 valence electrons. The zero-order valence-corrected chi connectivity index (χ0v) is 12.9. The zero-order chi connectivity index (χ0) is 24.5. The summed E-state index contributed by atoms with van der Waals surface area (Å²) in [5.74, 6) is 0. The molecule has 0 saturated carbocycles. The Balaban J connectivity index is 8.46. The summed E-state index contributed by atoms with van der Waals surface area (Å²) in [5.41, 5.74) is -18.9. The maximum absolute atomic E-state index is 14.2. The van der Waals surface area contributed by atoms with E-state index in [-0.39, 0.29) is 0 Å². The van der Waals surface area contributed by atoms with Gasteiger partial charge in [-0.1, -0.05) is 0 Å². The van der Waals surface area contributed by atoms with Crippen LogP contribution in [0.25, 0.3) is 0 Å². The molecule has 2 unspecified atom stereocenters.